The van der Waals surface area contributed by atoms with Crippen LogP contribution < -0.4 is 0 Å². The predicted molar refractivity (Wildman–Crippen MR) is 31.0 cm³/mol. The summed E-state index contributed by atoms with van der Waals surface area (Å²) in [4.78, 5) is 10.0. The molecule has 0 aliphatic heterocycles. The fraction of sp³-hybridized carbons (Fsp3) is 0.500. The molecule has 3 heteroatoms. The van der Waals surface area contributed by atoms with Gasteiger partial charge in [-0.15, -0.1) is 0 Å². The van der Waals surface area contributed by atoms with Gasteiger partial charge in [0.1, 0.15) is 6.61 Å². The predicted octanol–water partition coefficient (Wildman–Crippen LogP) is 0.173. The first-order valence-electron chi connectivity index (χ1n) is 2.55. The van der Waals surface area contributed by atoms with Crippen molar-refractivity contribution in [2.45, 2.75) is 19.4 Å². The number of carbonyl (C=O) groups is 1. The van der Waals surface area contributed by atoms with Crippen molar-refractivity contribution >= 4 is 5.97 Å². The summed E-state index contributed by atoms with van der Waals surface area (Å²) in [6.07, 6.45) is -0.774. The normalized spacial score (nSPS) is 12.8. The van der Waals surface area contributed by atoms with Gasteiger partial charge in [-0.1, -0.05) is 0 Å². The molecule has 0 amide bonds. The minimum Gasteiger partial charge on any atom is -0.459 e. The molecule has 3 nitrogen and oxygen atoms in total. The van der Waals surface area contributed by atoms with Gasteiger partial charge in [0.25, 0.3) is 0 Å². The second-order valence-electron chi connectivity index (χ2n) is 1.58. The second kappa shape index (κ2) is 4.32. The van der Waals surface area contributed by atoms with E-state index in [9.17, 15) is 4.79 Å². The summed E-state index contributed by atoms with van der Waals surface area (Å²) in [5.74, 6) is -0.407. The molecule has 51 valence electrons. The molecule has 9 heavy (non-hydrogen) atoms. The molecule has 1 atom stereocenters. The maximum Gasteiger partial charge on any atom is 0.303 e. The number of carbonyl (C=O) groups excluding carboxylic acids is 1. The summed E-state index contributed by atoms with van der Waals surface area (Å²) in [5, 5.41) is 8.42. The lowest BCUT2D eigenvalue weighted by molar-refractivity contribution is -0.137. The Hall–Kier alpha value is -0.570. The van der Waals surface area contributed by atoms with Gasteiger partial charge >= 0.3 is 5.97 Å². The minimum atomic E-state index is -0.940. The van der Waals surface area contributed by atoms with E-state index in [0.717, 1.165) is 0 Å². The molecule has 0 bridgehead atoms. The first-order valence-corrected chi connectivity index (χ1v) is 2.55. The van der Waals surface area contributed by atoms with Gasteiger partial charge in [-0.3, -0.25) is 4.79 Å². The lowest BCUT2D eigenvalue weighted by Gasteiger charge is -2.01. The summed E-state index contributed by atoms with van der Waals surface area (Å²) in [6.45, 7) is 7.36. The smallest absolute Gasteiger partial charge is 0.303 e. The van der Waals surface area contributed by atoms with Crippen LogP contribution in [0.15, 0.2) is 0 Å². The summed E-state index contributed by atoms with van der Waals surface area (Å²) >= 11 is 0. The molecular weight excluding hydrogens is 120 g/mol. The Balaban J connectivity index is 3.01. The molecule has 0 heterocycles. The first kappa shape index (κ1) is 8.43. The van der Waals surface area contributed by atoms with Crippen LogP contribution in [0.1, 0.15) is 13.3 Å². The summed E-state index contributed by atoms with van der Waals surface area (Å²) in [7, 11) is 0. The van der Waals surface area contributed by atoms with Crippen LogP contribution in [0.3, 0.4) is 0 Å². The Labute approximate surface area is 54.6 Å². The number of hydrogen-bond donors (Lipinski definition) is 1. The molecule has 1 unspecified atom stereocenters. The Morgan fingerprint density at radius 1 is 2.00 bits per heavy atom. The van der Waals surface area contributed by atoms with E-state index < -0.39 is 12.1 Å². The number of aliphatic hydroxyl groups is 1. The van der Waals surface area contributed by atoms with E-state index >= 15 is 0 Å². The molecule has 0 aromatic carbocycles. The van der Waals surface area contributed by atoms with Crippen LogP contribution in [0.5, 0.6) is 0 Å². The average molecular weight is 129 g/mol. The van der Waals surface area contributed by atoms with Crippen LogP contribution in [0, 0.1) is 13.5 Å². The monoisotopic (exact) mass is 129 g/mol. The van der Waals surface area contributed by atoms with E-state index in [4.69, 9.17) is 12.0 Å². The Morgan fingerprint density at radius 2 is 2.56 bits per heavy atom. The van der Waals surface area contributed by atoms with Crippen molar-refractivity contribution in [1.29, 1.82) is 0 Å². The molecule has 1 N–H and O–H groups in total. The standard InChI is InChI=1S/C6H9O3/c1-5(7)3-4-9-6(2)8/h1,4-5,7H,3H2,2H3. The molecule has 0 fully saturated rings. The van der Waals surface area contributed by atoms with E-state index in [1.165, 1.54) is 13.5 Å². The molecule has 0 aromatic heterocycles. The van der Waals surface area contributed by atoms with Crippen molar-refractivity contribution < 1.29 is 14.6 Å². The third kappa shape index (κ3) is 7.43. The maximum atomic E-state index is 10.0. The second-order valence-corrected chi connectivity index (χ2v) is 1.58. The molecule has 0 aromatic rings. The topological polar surface area (TPSA) is 46.5 Å². The zero-order valence-corrected chi connectivity index (χ0v) is 5.20. The van der Waals surface area contributed by atoms with Crippen LogP contribution in [0.4, 0.5) is 0 Å². The van der Waals surface area contributed by atoms with Crippen LogP contribution in [0.25, 0.3) is 0 Å². The van der Waals surface area contributed by atoms with Crippen LogP contribution in [0.2, 0.25) is 0 Å². The highest BCUT2D eigenvalue weighted by Gasteiger charge is 1.97. The third-order valence-electron chi connectivity index (χ3n) is 0.587. The van der Waals surface area contributed by atoms with Crippen LogP contribution >= 0.6 is 0 Å². The van der Waals surface area contributed by atoms with E-state index in [2.05, 4.69) is 4.74 Å². The number of esters is 1. The molecule has 0 spiro atoms. The van der Waals surface area contributed by atoms with Crippen molar-refractivity contribution in [3.05, 3.63) is 13.5 Å². The van der Waals surface area contributed by atoms with Gasteiger partial charge in [0.2, 0.25) is 0 Å². The Bertz CT molecular complexity index is 88.3. The van der Waals surface area contributed by atoms with Crippen molar-refractivity contribution in [1.82, 2.24) is 0 Å². The largest absolute Gasteiger partial charge is 0.459 e. The fourth-order valence-corrected chi connectivity index (χ4v) is 0.264. The zero-order valence-electron chi connectivity index (χ0n) is 5.20. The lowest BCUT2D eigenvalue weighted by atomic mass is 10.3. The molecule has 0 aliphatic carbocycles. The number of ether oxygens (including phenoxy) is 1. The highest BCUT2D eigenvalue weighted by atomic mass is 16.5. The van der Waals surface area contributed by atoms with Gasteiger partial charge < -0.3 is 9.84 Å². The van der Waals surface area contributed by atoms with E-state index in [1.54, 1.807) is 0 Å². The SMILES string of the molecule is [CH]C(O)C[CH]OC(C)=O. The molecule has 0 saturated heterocycles. The molecular formula is C6H9O3. The van der Waals surface area contributed by atoms with E-state index in [-0.39, 0.29) is 6.42 Å². The third-order valence-corrected chi connectivity index (χ3v) is 0.587. The van der Waals surface area contributed by atoms with Gasteiger partial charge in [0, 0.05) is 13.3 Å². The average Bonchev–Trinajstić information content (AvgIpc) is 1.63. The molecule has 0 rings (SSSR count). The van der Waals surface area contributed by atoms with Crippen molar-refractivity contribution in [3.63, 3.8) is 0 Å². The molecule has 0 saturated carbocycles. The van der Waals surface area contributed by atoms with Gasteiger partial charge in [-0.2, -0.15) is 0 Å². The van der Waals surface area contributed by atoms with Crippen molar-refractivity contribution in [2.75, 3.05) is 0 Å². The summed E-state index contributed by atoms with van der Waals surface area (Å²) in [5.41, 5.74) is 0. The van der Waals surface area contributed by atoms with E-state index in [0.29, 0.717) is 0 Å². The number of aliphatic hydroxyl groups excluding tert-OH is 1. The van der Waals surface area contributed by atoms with Crippen molar-refractivity contribution in [3.8, 4) is 0 Å². The summed E-state index contributed by atoms with van der Waals surface area (Å²) in [6, 6.07) is 0. The number of hydrogen-bond acceptors (Lipinski definition) is 3. The number of rotatable bonds is 3. The fourth-order valence-electron chi connectivity index (χ4n) is 0.264. The van der Waals surface area contributed by atoms with Crippen LogP contribution in [-0.4, -0.2) is 17.2 Å². The van der Waals surface area contributed by atoms with Gasteiger partial charge in [-0.05, 0) is 6.92 Å². The highest BCUT2D eigenvalue weighted by Crippen LogP contribution is 1.94. The van der Waals surface area contributed by atoms with E-state index in [1.807, 2.05) is 0 Å². The molecule has 0 aliphatic rings. The lowest BCUT2D eigenvalue weighted by Crippen LogP contribution is -2.03. The Kier molecular flexibility index (Phi) is 4.05. The van der Waals surface area contributed by atoms with Crippen LogP contribution in [-0.2, 0) is 9.53 Å². The van der Waals surface area contributed by atoms with Gasteiger partial charge in [0.15, 0.2) is 0 Å². The highest BCUT2D eigenvalue weighted by molar-refractivity contribution is 5.66. The van der Waals surface area contributed by atoms with Gasteiger partial charge in [-0.25, -0.2) is 0 Å². The summed E-state index contributed by atoms with van der Waals surface area (Å²) < 4.78 is 4.35. The Morgan fingerprint density at radius 3 is 2.89 bits per heavy atom. The maximum absolute atomic E-state index is 10.0. The van der Waals surface area contributed by atoms with Gasteiger partial charge in [0.05, 0.1) is 6.10 Å². The zero-order chi connectivity index (χ0) is 7.28. The minimum absolute atomic E-state index is 0.166. The quantitative estimate of drug-likeness (QED) is 0.552. The van der Waals surface area contributed by atoms with Crippen molar-refractivity contribution in [2.24, 2.45) is 0 Å². The molecule has 3 radical (unpaired) electrons. The first-order chi connectivity index (χ1) is 4.13.